The predicted molar refractivity (Wildman–Crippen MR) is 89.3 cm³/mol. The van der Waals surface area contributed by atoms with Gasteiger partial charge >= 0.3 is 11.9 Å². The van der Waals surface area contributed by atoms with Crippen LogP contribution in [-0.4, -0.2) is 38.6 Å². The van der Waals surface area contributed by atoms with Gasteiger partial charge in [0.15, 0.2) is 8.32 Å². The summed E-state index contributed by atoms with van der Waals surface area (Å²) < 4.78 is 11.2. The Kier molecular flexibility index (Phi) is 6.84. The third-order valence-corrected chi connectivity index (χ3v) is 8.89. The Bertz CT molecular complexity index is 404. The van der Waals surface area contributed by atoms with Crippen LogP contribution in [0.15, 0.2) is 0 Å². The monoisotopic (exact) mass is 332 g/mol. The van der Waals surface area contributed by atoms with Gasteiger partial charge in [-0.25, -0.2) is 0 Å². The molecule has 0 radical (unpaired) electrons. The quantitative estimate of drug-likeness (QED) is 0.593. The van der Waals surface area contributed by atoms with Gasteiger partial charge in [-0.2, -0.15) is 0 Å². The summed E-state index contributed by atoms with van der Waals surface area (Å²) in [4.78, 5) is 23.5. The Morgan fingerprint density at radius 2 is 1.55 bits per heavy atom. The second kappa shape index (κ2) is 7.13. The fourth-order valence-electron chi connectivity index (χ4n) is 2.14. The van der Waals surface area contributed by atoms with E-state index >= 15 is 0 Å². The molecule has 6 heteroatoms. The third-order valence-electron chi connectivity index (χ3n) is 4.39. The molecule has 0 saturated carbocycles. The fraction of sp³-hybridized carbons (Fsp3) is 0.875. The minimum absolute atomic E-state index is 0.0672. The van der Waals surface area contributed by atoms with Crippen molar-refractivity contribution in [2.75, 3.05) is 7.11 Å². The summed E-state index contributed by atoms with van der Waals surface area (Å²) in [7, 11) is -0.881. The van der Waals surface area contributed by atoms with Gasteiger partial charge in [0, 0.05) is 0 Å². The van der Waals surface area contributed by atoms with Gasteiger partial charge in [-0.15, -0.1) is 0 Å². The first-order valence-electron chi connectivity index (χ1n) is 7.61. The second-order valence-electron chi connectivity index (χ2n) is 8.38. The molecule has 0 aliphatic rings. The predicted octanol–water partition coefficient (Wildman–Crippen LogP) is 3.69. The van der Waals surface area contributed by atoms with Crippen LogP contribution >= 0.6 is 0 Å². The van der Waals surface area contributed by atoms with Crippen LogP contribution in [0.3, 0.4) is 0 Å². The maximum Gasteiger partial charge on any atom is 0.311 e. The van der Waals surface area contributed by atoms with E-state index in [-0.39, 0.29) is 11.5 Å². The number of rotatable bonds is 6. The summed E-state index contributed by atoms with van der Waals surface area (Å²) >= 11 is 0. The van der Waals surface area contributed by atoms with E-state index in [1.807, 2.05) is 20.8 Å². The molecule has 0 bridgehead atoms. The van der Waals surface area contributed by atoms with Crippen molar-refractivity contribution < 1.29 is 23.9 Å². The second-order valence-corrected chi connectivity index (χ2v) is 13.1. The summed E-state index contributed by atoms with van der Waals surface area (Å²) in [5.41, 5.74) is -0.449. The Labute approximate surface area is 135 Å². The maximum absolute atomic E-state index is 12.2. The molecule has 0 fully saturated rings. The molecule has 22 heavy (non-hydrogen) atoms. The van der Waals surface area contributed by atoms with E-state index in [9.17, 15) is 14.7 Å². The van der Waals surface area contributed by atoms with Gasteiger partial charge in [0.2, 0.25) is 0 Å². The average Bonchev–Trinajstić information content (AvgIpc) is 2.23. The first kappa shape index (κ1) is 21.1. The Morgan fingerprint density at radius 1 is 1.09 bits per heavy atom. The van der Waals surface area contributed by atoms with Crippen LogP contribution in [0.1, 0.15) is 48.0 Å². The van der Waals surface area contributed by atoms with Gasteiger partial charge in [0.05, 0.1) is 25.6 Å². The van der Waals surface area contributed by atoms with Crippen LogP contribution in [0.5, 0.6) is 0 Å². The van der Waals surface area contributed by atoms with Crippen molar-refractivity contribution in [3.63, 3.8) is 0 Å². The van der Waals surface area contributed by atoms with Crippen molar-refractivity contribution in [2.24, 2.45) is 11.3 Å². The molecule has 0 spiro atoms. The molecule has 0 rings (SSSR count). The van der Waals surface area contributed by atoms with Crippen molar-refractivity contribution in [3.05, 3.63) is 0 Å². The Morgan fingerprint density at radius 3 is 1.82 bits per heavy atom. The highest BCUT2D eigenvalue weighted by Crippen LogP contribution is 2.41. The van der Waals surface area contributed by atoms with Gasteiger partial charge in [-0.3, -0.25) is 9.59 Å². The molecule has 1 unspecified atom stereocenters. The molecule has 0 heterocycles. The molecular weight excluding hydrogens is 300 g/mol. The zero-order valence-corrected chi connectivity index (χ0v) is 16.4. The number of hydrogen-bond acceptors (Lipinski definition) is 4. The molecule has 2 atom stereocenters. The van der Waals surface area contributed by atoms with Crippen molar-refractivity contribution in [3.8, 4) is 0 Å². The lowest BCUT2D eigenvalue weighted by molar-refractivity contribution is -0.156. The van der Waals surface area contributed by atoms with E-state index < -0.39 is 37.7 Å². The largest absolute Gasteiger partial charge is 0.481 e. The minimum atomic E-state index is -2.21. The molecule has 0 aromatic rings. The van der Waals surface area contributed by atoms with Crippen LogP contribution in [0.25, 0.3) is 0 Å². The standard InChI is InChI=1S/C16H32O5Si/c1-15(2,3)13(14(19)20-7)11(10-12(17)18)21-22(8,9)16(4,5)6/h11,13H,10H2,1-9H3,(H,17,18)/t11?,13-/m1/s1. The lowest BCUT2D eigenvalue weighted by Gasteiger charge is -2.43. The van der Waals surface area contributed by atoms with Crippen LogP contribution in [0.2, 0.25) is 18.1 Å². The van der Waals surface area contributed by atoms with Crippen LogP contribution in [0.4, 0.5) is 0 Å². The lowest BCUT2D eigenvalue weighted by Crippen LogP contribution is -2.50. The number of methoxy groups -OCH3 is 1. The minimum Gasteiger partial charge on any atom is -0.481 e. The average molecular weight is 333 g/mol. The van der Waals surface area contributed by atoms with Gasteiger partial charge in [0.1, 0.15) is 0 Å². The molecule has 130 valence electrons. The maximum atomic E-state index is 12.2. The highest BCUT2D eigenvalue weighted by molar-refractivity contribution is 6.74. The first-order valence-corrected chi connectivity index (χ1v) is 10.5. The van der Waals surface area contributed by atoms with Gasteiger partial charge in [-0.1, -0.05) is 41.5 Å². The van der Waals surface area contributed by atoms with Crippen molar-refractivity contribution in [1.82, 2.24) is 0 Å². The normalized spacial score (nSPS) is 16.0. The van der Waals surface area contributed by atoms with E-state index in [1.54, 1.807) is 0 Å². The van der Waals surface area contributed by atoms with Crippen LogP contribution in [0, 0.1) is 11.3 Å². The number of carbonyl (C=O) groups is 2. The number of esters is 1. The van der Waals surface area contributed by atoms with E-state index in [4.69, 9.17) is 9.16 Å². The Hall–Kier alpha value is -0.883. The summed E-state index contributed by atoms with van der Waals surface area (Å²) in [6.45, 7) is 16.1. The summed E-state index contributed by atoms with van der Waals surface area (Å²) in [6, 6.07) is 0. The lowest BCUT2D eigenvalue weighted by atomic mass is 9.76. The molecule has 5 nitrogen and oxygen atoms in total. The summed E-state index contributed by atoms with van der Waals surface area (Å²) in [5, 5.41) is 9.17. The number of carboxylic acid groups (broad SMARTS) is 1. The van der Waals surface area contributed by atoms with Gasteiger partial charge < -0.3 is 14.3 Å². The number of hydrogen-bond donors (Lipinski definition) is 1. The molecule has 0 amide bonds. The molecule has 0 aromatic carbocycles. The van der Waals surface area contributed by atoms with E-state index in [0.29, 0.717) is 0 Å². The van der Waals surface area contributed by atoms with Gasteiger partial charge in [-0.05, 0) is 23.5 Å². The molecule has 0 aliphatic carbocycles. The number of aliphatic carboxylic acids is 1. The van der Waals surface area contributed by atoms with E-state index in [2.05, 4.69) is 33.9 Å². The first-order chi connectivity index (χ1) is 9.63. The van der Waals surface area contributed by atoms with Crippen molar-refractivity contribution in [1.29, 1.82) is 0 Å². The van der Waals surface area contributed by atoms with Crippen molar-refractivity contribution in [2.45, 2.75) is 72.2 Å². The molecule has 0 aliphatic heterocycles. The number of carboxylic acids is 1. The van der Waals surface area contributed by atoms with E-state index in [0.717, 1.165) is 0 Å². The zero-order valence-electron chi connectivity index (χ0n) is 15.4. The van der Waals surface area contributed by atoms with Crippen molar-refractivity contribution >= 4 is 20.3 Å². The number of ether oxygens (including phenoxy) is 1. The van der Waals surface area contributed by atoms with Crippen LogP contribution < -0.4 is 0 Å². The fourth-order valence-corrected chi connectivity index (χ4v) is 3.47. The molecular formula is C16H32O5Si. The van der Waals surface area contributed by atoms with E-state index in [1.165, 1.54) is 7.11 Å². The SMILES string of the molecule is COC(=O)[C@@H](C(CC(=O)O)O[Si](C)(C)C(C)(C)C)C(C)(C)C. The Balaban J connectivity index is 5.69. The molecule has 1 N–H and O–H groups in total. The molecule has 0 aromatic heterocycles. The highest BCUT2D eigenvalue weighted by Gasteiger charge is 2.46. The summed E-state index contributed by atoms with van der Waals surface area (Å²) in [6.07, 6.45) is -0.894. The van der Waals surface area contributed by atoms with Crippen LogP contribution in [-0.2, 0) is 18.8 Å². The topological polar surface area (TPSA) is 72.8 Å². The number of carbonyl (C=O) groups excluding carboxylic acids is 1. The van der Waals surface area contributed by atoms with Gasteiger partial charge in [0.25, 0.3) is 0 Å². The highest BCUT2D eigenvalue weighted by atomic mass is 28.4. The third kappa shape index (κ3) is 5.72. The smallest absolute Gasteiger partial charge is 0.311 e. The molecule has 0 saturated heterocycles. The summed E-state index contributed by atoms with van der Waals surface area (Å²) in [5.74, 6) is -2.01. The zero-order chi connectivity index (χ0) is 17.9.